The smallest absolute Gasteiger partial charge is 0.290 e. The van der Waals surface area contributed by atoms with Gasteiger partial charge in [0.15, 0.2) is 17.1 Å². The first-order valence-electron chi connectivity index (χ1n) is 6.32. The lowest BCUT2D eigenvalue weighted by molar-refractivity contribution is 0.345. The van der Waals surface area contributed by atoms with E-state index in [1.165, 1.54) is 0 Å². The van der Waals surface area contributed by atoms with E-state index in [-0.39, 0.29) is 44.7 Å². The summed E-state index contributed by atoms with van der Waals surface area (Å²) in [4.78, 5) is 24.1. The maximum atomic E-state index is 12.1. The molecule has 0 atom stereocenters. The van der Waals surface area contributed by atoms with Crippen molar-refractivity contribution >= 4 is 27.5 Å². The van der Waals surface area contributed by atoms with Crippen LogP contribution in [0.25, 0.3) is 27.5 Å². The molecule has 4 N–H and O–H groups in total. The fourth-order valence-corrected chi connectivity index (χ4v) is 2.94. The van der Waals surface area contributed by atoms with E-state index in [1.54, 1.807) is 0 Å². The summed E-state index contributed by atoms with van der Waals surface area (Å²) >= 11 is 0. The van der Waals surface area contributed by atoms with Crippen LogP contribution in [0.3, 0.4) is 0 Å². The molecule has 1 heterocycles. The third-order valence-corrected chi connectivity index (χ3v) is 3.91. The van der Waals surface area contributed by atoms with Gasteiger partial charge in [-0.1, -0.05) is 0 Å². The fraction of sp³-hybridized carbons (Fsp3) is 0.0667. The van der Waals surface area contributed by atoms with Crippen LogP contribution in [0.4, 0.5) is 0 Å². The van der Waals surface area contributed by atoms with Crippen molar-refractivity contribution in [3.63, 3.8) is 0 Å². The Morgan fingerprint density at radius 3 is 2.32 bits per heavy atom. The first-order valence-corrected chi connectivity index (χ1v) is 6.32. The minimum Gasteiger partial charge on any atom is -0.511 e. The highest BCUT2D eigenvalue weighted by Gasteiger charge is 2.25. The lowest BCUT2D eigenvalue weighted by Crippen LogP contribution is -2.22. The zero-order chi connectivity index (χ0) is 15.8. The molecule has 0 fully saturated rings. The van der Waals surface area contributed by atoms with E-state index in [4.69, 9.17) is 4.42 Å². The van der Waals surface area contributed by atoms with Crippen LogP contribution in [0.1, 0.15) is 5.56 Å². The van der Waals surface area contributed by atoms with Crippen molar-refractivity contribution in [2.45, 2.75) is 6.42 Å². The molecule has 0 bridgehead atoms. The number of phenols is 2. The van der Waals surface area contributed by atoms with E-state index in [2.05, 4.69) is 0 Å². The molecule has 110 valence electrons. The Morgan fingerprint density at radius 1 is 0.909 bits per heavy atom. The van der Waals surface area contributed by atoms with Gasteiger partial charge in [-0.15, -0.1) is 0 Å². The number of benzene rings is 2. The first-order chi connectivity index (χ1) is 10.4. The van der Waals surface area contributed by atoms with Gasteiger partial charge in [0.05, 0.1) is 5.39 Å². The number of aromatic hydroxyl groups is 3. The molecule has 0 saturated heterocycles. The average molecular weight is 300 g/mol. The zero-order valence-corrected chi connectivity index (χ0v) is 10.9. The minimum absolute atomic E-state index is 0.0541. The highest BCUT2D eigenvalue weighted by Crippen LogP contribution is 2.36. The van der Waals surface area contributed by atoms with Crippen LogP contribution in [0.15, 0.2) is 26.1 Å². The summed E-state index contributed by atoms with van der Waals surface area (Å²) in [5.41, 5.74) is -1.87. The summed E-state index contributed by atoms with van der Waals surface area (Å²) in [6, 6.07) is 2.13. The van der Waals surface area contributed by atoms with E-state index < -0.39 is 28.3 Å². The number of aliphatic hydroxyl groups excluding tert-OH is 1. The molecule has 0 aliphatic heterocycles. The number of phenolic OH excluding ortho intramolecular Hbond substituents is 2. The van der Waals surface area contributed by atoms with E-state index in [1.807, 2.05) is 0 Å². The molecule has 0 amide bonds. The second-order valence-corrected chi connectivity index (χ2v) is 5.13. The molecule has 22 heavy (non-hydrogen) atoms. The Labute approximate surface area is 120 Å². The van der Waals surface area contributed by atoms with Crippen molar-refractivity contribution in [1.29, 1.82) is 0 Å². The van der Waals surface area contributed by atoms with Gasteiger partial charge in [0.1, 0.15) is 5.76 Å². The molecule has 7 nitrogen and oxygen atoms in total. The summed E-state index contributed by atoms with van der Waals surface area (Å²) in [6.45, 7) is 0. The van der Waals surface area contributed by atoms with Crippen LogP contribution in [0, 0.1) is 0 Å². The van der Waals surface area contributed by atoms with Gasteiger partial charge in [-0.2, -0.15) is 0 Å². The van der Waals surface area contributed by atoms with Crippen LogP contribution >= 0.6 is 0 Å². The number of hydrogen-bond acceptors (Lipinski definition) is 7. The molecular formula is C15H8O7. The maximum Gasteiger partial charge on any atom is 0.290 e. The molecule has 4 rings (SSSR count). The summed E-state index contributed by atoms with van der Waals surface area (Å²) in [6.07, 6.45) is -0.188. The standard InChI is InChI=1S/C15H8O7/c16-7-2-5-10-6(3-8(17)12(5)19)15(21)22-14-11(10)4(7)1-9(18)13(14)20/h1,3,16-18,21H,2H2. The monoisotopic (exact) mass is 300 g/mol. The van der Waals surface area contributed by atoms with Crippen LogP contribution < -0.4 is 16.1 Å². The molecule has 0 radical (unpaired) electrons. The second kappa shape index (κ2) is 3.70. The minimum atomic E-state index is -0.864. The van der Waals surface area contributed by atoms with Crippen LogP contribution in [-0.4, -0.2) is 20.4 Å². The van der Waals surface area contributed by atoms with Crippen molar-refractivity contribution in [2.24, 2.45) is 0 Å². The van der Waals surface area contributed by atoms with Gasteiger partial charge in [0.25, 0.3) is 11.4 Å². The topological polar surface area (TPSA) is 128 Å². The summed E-state index contributed by atoms with van der Waals surface area (Å²) < 4.78 is 5.04. The fourth-order valence-electron chi connectivity index (χ4n) is 2.94. The van der Waals surface area contributed by atoms with Crippen molar-refractivity contribution in [3.05, 3.63) is 43.4 Å². The van der Waals surface area contributed by atoms with Crippen molar-refractivity contribution in [3.8, 4) is 17.4 Å². The van der Waals surface area contributed by atoms with E-state index in [0.29, 0.717) is 0 Å². The Morgan fingerprint density at radius 2 is 1.59 bits per heavy atom. The predicted octanol–water partition coefficient (Wildman–Crippen LogP) is 0.364. The van der Waals surface area contributed by atoms with Crippen LogP contribution in [0.2, 0.25) is 0 Å². The quantitative estimate of drug-likeness (QED) is 0.441. The van der Waals surface area contributed by atoms with Gasteiger partial charge in [-0.3, -0.25) is 9.59 Å². The molecule has 1 aliphatic carbocycles. The average Bonchev–Trinajstić information content (AvgIpc) is 2.47. The maximum absolute atomic E-state index is 12.1. The third-order valence-electron chi connectivity index (χ3n) is 3.91. The van der Waals surface area contributed by atoms with E-state index >= 15 is 0 Å². The first kappa shape index (κ1) is 12.5. The molecule has 3 aromatic rings. The number of hydrogen-bond donors (Lipinski definition) is 4. The lowest BCUT2D eigenvalue weighted by atomic mass is 9.92. The summed E-state index contributed by atoms with van der Waals surface area (Å²) in [7, 11) is 0. The van der Waals surface area contributed by atoms with Crippen molar-refractivity contribution in [2.75, 3.05) is 0 Å². The number of rotatable bonds is 0. The van der Waals surface area contributed by atoms with Gasteiger partial charge in [0, 0.05) is 28.0 Å². The Bertz CT molecular complexity index is 1170. The Balaban J connectivity index is 2.52. The van der Waals surface area contributed by atoms with Crippen molar-refractivity contribution in [1.82, 2.24) is 0 Å². The SMILES string of the molecule is O=c1c(O)cc2c(O)oc3c(=O)c(O)cc4c3c2c1CC=4O. The second-order valence-electron chi connectivity index (χ2n) is 5.13. The number of aliphatic hydroxyl groups is 1. The lowest BCUT2D eigenvalue weighted by Gasteiger charge is -2.15. The largest absolute Gasteiger partial charge is 0.511 e. The highest BCUT2D eigenvalue weighted by molar-refractivity contribution is 6.11. The molecule has 1 aliphatic rings. The van der Waals surface area contributed by atoms with Gasteiger partial charge in [0.2, 0.25) is 5.43 Å². The molecule has 0 spiro atoms. The van der Waals surface area contributed by atoms with E-state index in [9.17, 15) is 30.0 Å². The van der Waals surface area contributed by atoms with Crippen molar-refractivity contribution < 1.29 is 24.8 Å². The highest BCUT2D eigenvalue weighted by atomic mass is 16.5. The normalized spacial score (nSPS) is 13.4. The van der Waals surface area contributed by atoms with Gasteiger partial charge in [-0.05, 0) is 12.1 Å². The van der Waals surface area contributed by atoms with Crippen LogP contribution in [0.5, 0.6) is 17.4 Å². The third kappa shape index (κ3) is 1.30. The zero-order valence-electron chi connectivity index (χ0n) is 10.9. The molecule has 2 aromatic carbocycles. The molecule has 0 unspecified atom stereocenters. The molecule has 7 heteroatoms. The van der Waals surface area contributed by atoms with E-state index in [0.717, 1.165) is 12.1 Å². The van der Waals surface area contributed by atoms with Crippen LogP contribution in [-0.2, 0) is 6.42 Å². The van der Waals surface area contributed by atoms with Gasteiger partial charge in [-0.25, -0.2) is 0 Å². The molecule has 1 aromatic heterocycles. The summed E-state index contributed by atoms with van der Waals surface area (Å²) in [5.74, 6) is -2.13. The predicted molar refractivity (Wildman–Crippen MR) is 76.2 cm³/mol. The molecule has 0 saturated carbocycles. The molecular weight excluding hydrogens is 292 g/mol. The van der Waals surface area contributed by atoms with Gasteiger partial charge >= 0.3 is 0 Å². The Hall–Kier alpha value is -3.22. The summed E-state index contributed by atoms with van der Waals surface area (Å²) in [5, 5.41) is 39.9. The van der Waals surface area contributed by atoms with Gasteiger partial charge < -0.3 is 24.8 Å². The Kier molecular flexibility index (Phi) is 2.11.